The van der Waals surface area contributed by atoms with Crippen LogP contribution in [0.4, 0.5) is 11.4 Å². The molecule has 13 nitrogen and oxygen atoms in total. The number of carbonyl (C=O) groups is 3. The van der Waals surface area contributed by atoms with Crippen molar-refractivity contribution in [2.75, 3.05) is 10.2 Å². The smallest absolute Gasteiger partial charge is 0.284 e. The molecule has 168 valence electrons. The summed E-state index contributed by atoms with van der Waals surface area (Å²) in [6, 6.07) is 9.01. The molecule has 32 heavy (non-hydrogen) atoms. The van der Waals surface area contributed by atoms with Crippen LogP contribution in [0.5, 0.6) is 0 Å². The lowest BCUT2D eigenvalue weighted by Crippen LogP contribution is -2.34. The van der Waals surface area contributed by atoms with Gasteiger partial charge >= 0.3 is 0 Å². The second kappa shape index (κ2) is 8.12. The van der Waals surface area contributed by atoms with Crippen molar-refractivity contribution >= 4 is 54.9 Å². The summed E-state index contributed by atoms with van der Waals surface area (Å²) in [5, 5.41) is 24.3. The molecule has 15 heteroatoms. The number of nitrogens with two attached hydrogens (primary N) is 2. The summed E-state index contributed by atoms with van der Waals surface area (Å²) >= 11 is 0. The van der Waals surface area contributed by atoms with Crippen LogP contribution in [0.1, 0.15) is 0 Å². The molecule has 1 heterocycles. The van der Waals surface area contributed by atoms with Crippen molar-refractivity contribution in [2.45, 2.75) is 9.79 Å². The quantitative estimate of drug-likeness (QED) is 0.178. The molecule has 1 aliphatic heterocycles. The molecule has 1 aliphatic rings. The van der Waals surface area contributed by atoms with Crippen molar-refractivity contribution in [3.8, 4) is 0 Å². The van der Waals surface area contributed by atoms with Crippen molar-refractivity contribution in [1.82, 2.24) is 0 Å². The molecule has 0 aromatic heterocycles. The molecule has 2 aromatic carbocycles. The van der Waals surface area contributed by atoms with E-state index in [0.29, 0.717) is 4.90 Å². The number of rotatable bonds is 5. The van der Waals surface area contributed by atoms with E-state index in [-0.39, 0.29) is 21.2 Å². The van der Waals surface area contributed by atoms with Gasteiger partial charge in [-0.15, -0.1) is 0 Å². The second-order valence-corrected chi connectivity index (χ2v) is 9.62. The summed E-state index contributed by atoms with van der Waals surface area (Å²) in [6.45, 7) is 0. The van der Waals surface area contributed by atoms with Crippen LogP contribution in [0, 0.1) is 5.92 Å². The Kier molecular flexibility index (Phi) is 5.84. The van der Waals surface area contributed by atoms with Crippen LogP contribution in [0.25, 0.3) is 0 Å². The lowest BCUT2D eigenvalue weighted by molar-refractivity contribution is -0.127. The third-order valence-corrected chi connectivity index (χ3v) is 6.27. The number of nitrogens with one attached hydrogen (secondary N) is 1. The molecule has 0 aliphatic carbocycles. The molecule has 3 rings (SSSR count). The lowest BCUT2D eigenvalue weighted by Gasteiger charge is -2.14. The zero-order chi connectivity index (χ0) is 23.8. The third kappa shape index (κ3) is 4.35. The summed E-state index contributed by atoms with van der Waals surface area (Å²) in [5.41, 5.74) is -0.763. The van der Waals surface area contributed by atoms with Crippen LogP contribution in [0.15, 0.2) is 63.5 Å². The van der Waals surface area contributed by atoms with Gasteiger partial charge in [-0.05, 0) is 48.5 Å². The Labute approximate surface area is 181 Å². The van der Waals surface area contributed by atoms with E-state index in [0.717, 1.165) is 36.4 Å². The van der Waals surface area contributed by atoms with E-state index in [9.17, 15) is 36.4 Å². The highest BCUT2D eigenvalue weighted by molar-refractivity contribution is 7.89. The Morgan fingerprint density at radius 3 is 1.81 bits per heavy atom. The van der Waals surface area contributed by atoms with Crippen molar-refractivity contribution in [3.05, 3.63) is 48.5 Å². The van der Waals surface area contributed by atoms with E-state index < -0.39 is 49.4 Å². The average molecular weight is 481 g/mol. The number of hydrogen-bond donors (Lipinski definition) is 4. The molecule has 1 atom stereocenters. The van der Waals surface area contributed by atoms with Crippen molar-refractivity contribution in [1.29, 1.82) is 0 Å². The Morgan fingerprint density at radius 2 is 1.38 bits per heavy atom. The van der Waals surface area contributed by atoms with Crippen molar-refractivity contribution in [2.24, 2.45) is 21.4 Å². The first-order valence-electron chi connectivity index (χ1n) is 8.51. The minimum Gasteiger partial charge on any atom is -0.410 e. The van der Waals surface area contributed by atoms with E-state index in [2.05, 4.69) is 10.5 Å². The molecular formula is C17H15N5O8S2. The van der Waals surface area contributed by atoms with Crippen molar-refractivity contribution < 1.29 is 36.4 Å². The van der Waals surface area contributed by atoms with E-state index in [1.807, 2.05) is 0 Å². The molecular weight excluding hydrogens is 466 g/mol. The standard InChI is InChI=1S/C17H15N5O8S2/c18-31(27,28)11-5-1-9(2-6-11)20-15(23)13-14(21-26)17(25)22(16(13)24)10-3-7-12(8-4-10)32(19,29)30/h1-8,13,26H,(H,20,23)(H2,18,27,28)(H2,19,29,30)/b21-14+. The topological polar surface area (TPSA) is 219 Å². The van der Waals surface area contributed by atoms with Crippen molar-refractivity contribution in [3.63, 3.8) is 0 Å². The number of primary sulfonamides is 2. The monoisotopic (exact) mass is 481 g/mol. The summed E-state index contributed by atoms with van der Waals surface area (Å²) < 4.78 is 45.3. The fourth-order valence-electron chi connectivity index (χ4n) is 2.89. The lowest BCUT2D eigenvalue weighted by atomic mass is 10.1. The molecule has 1 saturated heterocycles. The van der Waals surface area contributed by atoms with E-state index >= 15 is 0 Å². The average Bonchev–Trinajstić information content (AvgIpc) is 2.96. The van der Waals surface area contributed by atoms with Gasteiger partial charge in [0.05, 0.1) is 15.5 Å². The largest absolute Gasteiger partial charge is 0.410 e. The van der Waals surface area contributed by atoms with Crippen LogP contribution in [-0.4, -0.2) is 45.5 Å². The highest BCUT2D eigenvalue weighted by atomic mass is 32.2. The number of hydrogen-bond acceptors (Lipinski definition) is 9. The maximum absolute atomic E-state index is 12.8. The second-order valence-electron chi connectivity index (χ2n) is 6.49. The Bertz CT molecular complexity index is 1350. The van der Waals surface area contributed by atoms with Crippen LogP contribution in [0.3, 0.4) is 0 Å². The van der Waals surface area contributed by atoms with Crippen LogP contribution in [0.2, 0.25) is 0 Å². The predicted molar refractivity (Wildman–Crippen MR) is 109 cm³/mol. The number of oxime groups is 1. The number of anilines is 2. The maximum atomic E-state index is 12.8. The van der Waals surface area contributed by atoms with Gasteiger partial charge in [0.25, 0.3) is 11.8 Å². The highest BCUT2D eigenvalue weighted by Crippen LogP contribution is 2.27. The molecule has 1 fully saturated rings. The number of carbonyl (C=O) groups excluding carboxylic acids is 3. The van der Waals surface area contributed by atoms with Gasteiger partial charge in [-0.2, -0.15) is 0 Å². The minimum atomic E-state index is -4.02. The molecule has 0 bridgehead atoms. The maximum Gasteiger partial charge on any atom is 0.284 e. The van der Waals surface area contributed by atoms with Gasteiger partial charge in [-0.3, -0.25) is 14.4 Å². The third-order valence-electron chi connectivity index (χ3n) is 4.41. The molecule has 6 N–H and O–H groups in total. The molecule has 1 unspecified atom stereocenters. The summed E-state index contributed by atoms with van der Waals surface area (Å²) in [4.78, 5) is 38.1. The van der Waals surface area contributed by atoms with Crippen LogP contribution in [-0.2, 0) is 34.4 Å². The number of nitrogens with zero attached hydrogens (tertiary/aromatic N) is 2. The van der Waals surface area contributed by atoms with Gasteiger partial charge in [-0.1, -0.05) is 5.16 Å². The zero-order valence-corrected chi connectivity index (χ0v) is 17.5. The van der Waals surface area contributed by atoms with E-state index in [4.69, 9.17) is 10.3 Å². The summed E-state index contributed by atoms with van der Waals surface area (Å²) in [6.07, 6.45) is 0. The number of sulfonamides is 2. The first kappa shape index (κ1) is 23.0. The van der Waals surface area contributed by atoms with Crippen LogP contribution >= 0.6 is 0 Å². The van der Waals surface area contributed by atoms with E-state index in [1.165, 1.54) is 12.1 Å². The molecule has 0 saturated carbocycles. The molecule has 3 amide bonds. The first-order valence-corrected chi connectivity index (χ1v) is 11.6. The fourth-order valence-corrected chi connectivity index (χ4v) is 3.92. The Morgan fingerprint density at radius 1 is 0.906 bits per heavy atom. The predicted octanol–water partition coefficient (Wildman–Crippen LogP) is -1.06. The van der Waals surface area contributed by atoms with E-state index in [1.54, 1.807) is 0 Å². The van der Waals surface area contributed by atoms with Gasteiger partial charge < -0.3 is 10.5 Å². The minimum absolute atomic E-state index is 0.0795. The fraction of sp³-hybridized carbons (Fsp3) is 0.0588. The number of amides is 3. The molecule has 2 aromatic rings. The normalized spacial score (nSPS) is 18.2. The van der Waals surface area contributed by atoms with Crippen LogP contribution < -0.4 is 20.5 Å². The van der Waals surface area contributed by atoms with Gasteiger partial charge in [0.15, 0.2) is 11.6 Å². The van der Waals surface area contributed by atoms with Gasteiger partial charge in [-0.25, -0.2) is 32.0 Å². The van der Waals surface area contributed by atoms with Gasteiger partial charge in [0.2, 0.25) is 26.0 Å². The highest BCUT2D eigenvalue weighted by Gasteiger charge is 2.50. The Balaban J connectivity index is 1.88. The SMILES string of the molecule is NS(=O)(=O)c1ccc(NC(=O)C2C(=O)N(c3ccc(S(N)(=O)=O)cc3)C(=O)/C2=N/O)cc1. The Hall–Kier alpha value is -3.66. The molecule has 0 radical (unpaired) electrons. The van der Waals surface area contributed by atoms with Gasteiger partial charge in [0.1, 0.15) is 0 Å². The van der Waals surface area contributed by atoms with Gasteiger partial charge in [0, 0.05) is 5.69 Å². The number of benzene rings is 2. The summed E-state index contributed by atoms with van der Waals surface area (Å²) in [5.74, 6) is -4.98. The first-order chi connectivity index (χ1) is 14.8. The molecule has 0 spiro atoms. The number of imide groups is 1. The summed E-state index contributed by atoms with van der Waals surface area (Å²) in [7, 11) is -7.98. The zero-order valence-electron chi connectivity index (χ0n) is 15.9.